The number of para-hydroxylation sites is 3. The number of rotatable bonds is 4. The quantitative estimate of drug-likeness (QED) is 0.373. The largest absolute Gasteiger partial charge is 0.487 e. The molecule has 36 heavy (non-hydrogen) atoms. The summed E-state index contributed by atoms with van der Waals surface area (Å²) in [7, 11) is 3.21. The minimum atomic E-state index is -0.390. The molecule has 0 unspecified atom stereocenters. The van der Waals surface area contributed by atoms with Crippen LogP contribution in [0.2, 0.25) is 0 Å². The van der Waals surface area contributed by atoms with Crippen molar-refractivity contribution in [1.82, 2.24) is 18.5 Å². The minimum absolute atomic E-state index is 0.175. The van der Waals surface area contributed by atoms with Gasteiger partial charge in [0.1, 0.15) is 18.1 Å². The molecule has 7 nitrogen and oxygen atoms in total. The maximum absolute atomic E-state index is 13.6. The highest BCUT2D eigenvalue weighted by Gasteiger charge is 2.25. The third-order valence-electron chi connectivity index (χ3n) is 6.67. The van der Waals surface area contributed by atoms with Crippen molar-refractivity contribution in [2.24, 2.45) is 14.1 Å². The van der Waals surface area contributed by atoms with Gasteiger partial charge < -0.3 is 9.14 Å². The summed E-state index contributed by atoms with van der Waals surface area (Å²) in [6, 6.07) is 25.4. The van der Waals surface area contributed by atoms with Crippen LogP contribution in [0.15, 0.2) is 88.5 Å². The summed E-state index contributed by atoms with van der Waals surface area (Å²) in [4.78, 5) is 31.6. The summed E-state index contributed by atoms with van der Waals surface area (Å²) >= 11 is 0. The summed E-state index contributed by atoms with van der Waals surface area (Å²) in [5.41, 5.74) is 5.49. The van der Waals surface area contributed by atoms with Crippen LogP contribution in [0.3, 0.4) is 0 Å². The summed E-state index contributed by atoms with van der Waals surface area (Å²) in [6.07, 6.45) is 0. The van der Waals surface area contributed by atoms with Crippen molar-refractivity contribution < 1.29 is 4.74 Å². The summed E-state index contributed by atoms with van der Waals surface area (Å²) in [5.74, 6) is 0.713. The van der Waals surface area contributed by atoms with Crippen molar-refractivity contribution in [3.05, 3.63) is 111 Å². The molecule has 0 spiro atoms. The van der Waals surface area contributed by atoms with E-state index >= 15 is 0 Å². The monoisotopic (exact) mass is 476 g/mol. The van der Waals surface area contributed by atoms with Crippen molar-refractivity contribution in [2.45, 2.75) is 13.5 Å². The third kappa shape index (κ3) is 3.24. The highest BCUT2D eigenvalue weighted by Crippen LogP contribution is 2.36. The van der Waals surface area contributed by atoms with Gasteiger partial charge in [-0.05, 0) is 36.8 Å². The molecule has 0 N–H and O–H groups in total. The predicted octanol–water partition coefficient (Wildman–Crippen LogP) is 4.59. The van der Waals surface area contributed by atoms with Crippen LogP contribution >= 0.6 is 0 Å². The van der Waals surface area contributed by atoms with Crippen molar-refractivity contribution in [3.63, 3.8) is 0 Å². The van der Waals surface area contributed by atoms with E-state index in [0.717, 1.165) is 32.4 Å². The van der Waals surface area contributed by atoms with Crippen LogP contribution in [0.5, 0.6) is 5.75 Å². The second-order valence-electron chi connectivity index (χ2n) is 8.98. The molecule has 6 rings (SSSR count). The predicted molar refractivity (Wildman–Crippen MR) is 142 cm³/mol. The van der Waals surface area contributed by atoms with Crippen molar-refractivity contribution in [3.8, 4) is 17.0 Å². The molecule has 7 heteroatoms. The Balaban J connectivity index is 1.81. The van der Waals surface area contributed by atoms with E-state index in [1.54, 1.807) is 7.05 Å². The van der Waals surface area contributed by atoms with Gasteiger partial charge in [0.25, 0.3) is 5.56 Å². The van der Waals surface area contributed by atoms with E-state index in [1.165, 1.54) is 11.6 Å². The molecule has 0 bridgehead atoms. The summed E-state index contributed by atoms with van der Waals surface area (Å²) in [6.45, 7) is 2.20. The maximum atomic E-state index is 13.6. The average Bonchev–Trinajstić information content (AvgIpc) is 3.27. The first-order valence-electron chi connectivity index (χ1n) is 11.7. The number of benzene rings is 3. The number of hydrogen-bond donors (Lipinski definition) is 0. The molecule has 3 aromatic carbocycles. The smallest absolute Gasteiger partial charge is 0.331 e. The molecule has 3 heterocycles. The zero-order chi connectivity index (χ0) is 25.0. The van der Waals surface area contributed by atoms with Crippen LogP contribution < -0.4 is 16.0 Å². The Bertz CT molecular complexity index is 1900. The van der Waals surface area contributed by atoms with Gasteiger partial charge in [0, 0.05) is 14.1 Å². The van der Waals surface area contributed by atoms with Crippen LogP contribution in [-0.4, -0.2) is 18.5 Å². The zero-order valence-corrected chi connectivity index (χ0v) is 20.2. The molecule has 0 saturated carbocycles. The van der Waals surface area contributed by atoms with Gasteiger partial charge in [-0.25, -0.2) is 9.78 Å². The van der Waals surface area contributed by atoms with Gasteiger partial charge in [0.15, 0.2) is 0 Å². The van der Waals surface area contributed by atoms with Crippen LogP contribution in [0.4, 0.5) is 0 Å². The molecule has 0 aliphatic carbocycles. The zero-order valence-electron chi connectivity index (χ0n) is 20.2. The molecule has 0 atom stereocenters. The van der Waals surface area contributed by atoms with Crippen LogP contribution in [0.25, 0.3) is 38.7 Å². The molecule has 178 valence electrons. The molecule has 0 aliphatic heterocycles. The van der Waals surface area contributed by atoms with Crippen molar-refractivity contribution in [1.29, 1.82) is 0 Å². The number of fused-ring (bicyclic) bond motifs is 5. The summed E-state index contributed by atoms with van der Waals surface area (Å²) < 4.78 is 10.9. The molecule has 3 aromatic heterocycles. The molecule has 0 fully saturated rings. The number of hydrogen-bond acceptors (Lipinski definition) is 4. The van der Waals surface area contributed by atoms with E-state index in [4.69, 9.17) is 9.72 Å². The highest BCUT2D eigenvalue weighted by molar-refractivity contribution is 6.07. The van der Waals surface area contributed by atoms with Gasteiger partial charge in [-0.15, -0.1) is 0 Å². The van der Waals surface area contributed by atoms with Crippen molar-refractivity contribution in [2.75, 3.05) is 0 Å². The SMILES string of the molecule is Cc1ccc(-c2c3c(=O)n(C)c(=O)n(C)c3c3c(COc4ccccc4)nc4ccccc4n23)cc1. The third-order valence-corrected chi connectivity index (χ3v) is 6.67. The van der Waals surface area contributed by atoms with E-state index in [1.807, 2.05) is 85.8 Å². The van der Waals surface area contributed by atoms with Gasteiger partial charge in [-0.3, -0.25) is 13.9 Å². The van der Waals surface area contributed by atoms with Gasteiger partial charge in [0.2, 0.25) is 0 Å². The van der Waals surface area contributed by atoms with Crippen LogP contribution in [0, 0.1) is 6.92 Å². The molecular weight excluding hydrogens is 452 g/mol. The Hall–Kier alpha value is -4.65. The maximum Gasteiger partial charge on any atom is 0.331 e. The van der Waals surface area contributed by atoms with Crippen LogP contribution in [0.1, 0.15) is 11.3 Å². The second kappa shape index (κ2) is 8.23. The topological polar surface area (TPSA) is 70.5 Å². The van der Waals surface area contributed by atoms with E-state index in [0.29, 0.717) is 27.9 Å². The lowest BCUT2D eigenvalue weighted by Crippen LogP contribution is -2.36. The summed E-state index contributed by atoms with van der Waals surface area (Å²) in [5, 5.41) is 0.475. The van der Waals surface area contributed by atoms with Gasteiger partial charge in [-0.2, -0.15) is 0 Å². The van der Waals surface area contributed by atoms with E-state index in [-0.39, 0.29) is 12.2 Å². The molecule has 0 saturated heterocycles. The Labute approximate surface area is 206 Å². The molecule has 0 radical (unpaired) electrons. The number of aryl methyl sites for hydroxylation is 2. The first-order chi connectivity index (χ1) is 17.5. The minimum Gasteiger partial charge on any atom is -0.487 e. The Morgan fingerprint density at radius 1 is 0.806 bits per heavy atom. The number of nitrogens with zero attached hydrogens (tertiary/aromatic N) is 4. The fraction of sp³-hybridized carbons (Fsp3) is 0.138. The van der Waals surface area contributed by atoms with Gasteiger partial charge in [0.05, 0.1) is 33.1 Å². The Morgan fingerprint density at radius 3 is 2.25 bits per heavy atom. The second-order valence-corrected chi connectivity index (χ2v) is 8.98. The molecule has 0 amide bonds. The first-order valence-corrected chi connectivity index (χ1v) is 11.7. The molecule has 0 aliphatic rings. The average molecular weight is 477 g/mol. The van der Waals surface area contributed by atoms with E-state index in [9.17, 15) is 9.59 Å². The lowest BCUT2D eigenvalue weighted by molar-refractivity contribution is 0.303. The fourth-order valence-electron chi connectivity index (χ4n) is 4.87. The molecular formula is C29H24N4O3. The van der Waals surface area contributed by atoms with Crippen LogP contribution in [-0.2, 0) is 20.7 Å². The lowest BCUT2D eigenvalue weighted by atomic mass is 10.1. The first kappa shape index (κ1) is 21.9. The standard InChI is InChI=1S/C29H24N4O3/c1-18-13-15-19(16-14-18)25-24-27(31(2)29(35)32(3)28(24)34)26-22(17-36-20-9-5-4-6-10-20)30-21-11-7-8-12-23(21)33(25)26/h4-16H,17H2,1-3H3. The van der Waals surface area contributed by atoms with Gasteiger partial charge >= 0.3 is 5.69 Å². The van der Waals surface area contributed by atoms with Gasteiger partial charge in [-0.1, -0.05) is 60.2 Å². The van der Waals surface area contributed by atoms with Crippen molar-refractivity contribution >= 4 is 27.5 Å². The highest BCUT2D eigenvalue weighted by atomic mass is 16.5. The number of ether oxygens (including phenoxy) is 1. The van der Waals surface area contributed by atoms with E-state index in [2.05, 4.69) is 4.40 Å². The van der Waals surface area contributed by atoms with E-state index < -0.39 is 5.69 Å². The normalized spacial score (nSPS) is 11.5. The Morgan fingerprint density at radius 2 is 1.50 bits per heavy atom. The number of aromatic nitrogens is 4. The fourth-order valence-corrected chi connectivity index (χ4v) is 4.87. The molecule has 6 aromatic rings. The lowest BCUT2D eigenvalue weighted by Gasteiger charge is -2.13. The Kier molecular flexibility index (Phi) is 5.00.